The van der Waals surface area contributed by atoms with Crippen LogP contribution >= 0.6 is 0 Å². The first-order chi connectivity index (χ1) is 15.0. The summed E-state index contributed by atoms with van der Waals surface area (Å²) in [5.74, 6) is 2.78. The van der Waals surface area contributed by atoms with Crippen LogP contribution < -0.4 is 25.1 Å². The van der Waals surface area contributed by atoms with Crippen LogP contribution in [-0.2, 0) is 0 Å². The third-order valence-electron chi connectivity index (χ3n) is 5.75. The predicted molar refractivity (Wildman–Crippen MR) is 122 cm³/mol. The van der Waals surface area contributed by atoms with E-state index in [-0.39, 0.29) is 5.56 Å². The molecule has 2 heterocycles. The minimum atomic E-state index is -0.265. The summed E-state index contributed by atoms with van der Waals surface area (Å²) in [5, 5.41) is 3.94. The number of ether oxygens (including phenoxy) is 3. The monoisotopic (exact) mass is 424 g/mol. The van der Waals surface area contributed by atoms with Gasteiger partial charge in [0.25, 0.3) is 5.56 Å². The van der Waals surface area contributed by atoms with E-state index >= 15 is 0 Å². The fourth-order valence-corrected chi connectivity index (χ4v) is 4.07. The van der Waals surface area contributed by atoms with Gasteiger partial charge in [-0.15, -0.1) is 0 Å². The van der Waals surface area contributed by atoms with E-state index in [9.17, 15) is 4.79 Å². The van der Waals surface area contributed by atoms with Gasteiger partial charge in [0.05, 0.1) is 26.8 Å². The first-order valence-electron chi connectivity index (χ1n) is 10.3. The molecule has 1 aliphatic rings. The molecule has 164 valence electrons. The number of anilines is 1. The van der Waals surface area contributed by atoms with Crippen LogP contribution in [0.15, 0.2) is 35.1 Å². The number of benzene rings is 2. The molecule has 4 rings (SSSR count). The molecule has 1 atom stereocenters. The number of aromatic amines is 1. The number of H-pyrrole nitrogens is 1. The van der Waals surface area contributed by atoms with Crippen molar-refractivity contribution in [3.8, 4) is 28.6 Å². The molecule has 8 heteroatoms. The van der Waals surface area contributed by atoms with Crippen molar-refractivity contribution in [3.63, 3.8) is 0 Å². The molecule has 1 aromatic heterocycles. The van der Waals surface area contributed by atoms with Gasteiger partial charge >= 0.3 is 0 Å². The van der Waals surface area contributed by atoms with Crippen LogP contribution in [0.5, 0.6) is 17.2 Å². The molecule has 1 aliphatic heterocycles. The van der Waals surface area contributed by atoms with E-state index in [1.807, 2.05) is 18.2 Å². The molecular weight excluding hydrogens is 396 g/mol. The Labute approximate surface area is 181 Å². The fraction of sp³-hybridized carbons (Fsp3) is 0.391. The van der Waals surface area contributed by atoms with Gasteiger partial charge in [-0.1, -0.05) is 0 Å². The molecule has 0 saturated carbocycles. The molecule has 1 saturated heterocycles. The Bertz CT molecular complexity index is 1140. The van der Waals surface area contributed by atoms with Gasteiger partial charge in [0.1, 0.15) is 28.5 Å². The number of aromatic nitrogens is 2. The number of likely N-dealkylation sites (tertiary alicyclic amines) is 1. The highest BCUT2D eigenvalue weighted by Crippen LogP contribution is 2.33. The van der Waals surface area contributed by atoms with Crippen molar-refractivity contribution in [3.05, 3.63) is 40.7 Å². The van der Waals surface area contributed by atoms with Crippen LogP contribution in [0.1, 0.15) is 6.42 Å². The molecular formula is C23H28N4O4. The number of methoxy groups -OCH3 is 3. The first kappa shape index (κ1) is 21.0. The third-order valence-corrected chi connectivity index (χ3v) is 5.75. The maximum absolute atomic E-state index is 12.9. The standard InChI is InChI=1S/C23H28N4O4/c1-27-8-7-14(13-27)12-24-18-9-15(29-2)5-6-17(18)22-25-19-10-16(30-3)11-20(31-4)21(19)23(28)26-22/h5-6,9-11,14,24H,7-8,12-13H2,1-4H3,(H,25,26,28). The fourth-order valence-electron chi connectivity index (χ4n) is 4.07. The van der Waals surface area contributed by atoms with Gasteiger partial charge in [-0.05, 0) is 38.1 Å². The second-order valence-electron chi connectivity index (χ2n) is 7.85. The summed E-state index contributed by atoms with van der Waals surface area (Å²) in [6.07, 6.45) is 1.16. The number of hydrogen-bond donors (Lipinski definition) is 2. The van der Waals surface area contributed by atoms with Crippen LogP contribution in [0.3, 0.4) is 0 Å². The maximum Gasteiger partial charge on any atom is 0.262 e. The highest BCUT2D eigenvalue weighted by molar-refractivity contribution is 5.88. The minimum Gasteiger partial charge on any atom is -0.497 e. The molecule has 31 heavy (non-hydrogen) atoms. The minimum absolute atomic E-state index is 0.265. The topological polar surface area (TPSA) is 88.7 Å². The van der Waals surface area contributed by atoms with Crippen molar-refractivity contribution in [2.45, 2.75) is 6.42 Å². The summed E-state index contributed by atoms with van der Waals surface area (Å²) in [5.41, 5.74) is 1.91. The zero-order chi connectivity index (χ0) is 22.0. The van der Waals surface area contributed by atoms with E-state index in [4.69, 9.17) is 19.2 Å². The van der Waals surface area contributed by atoms with Crippen LogP contribution in [0.4, 0.5) is 5.69 Å². The number of hydrogen-bond acceptors (Lipinski definition) is 7. The molecule has 0 spiro atoms. The van der Waals surface area contributed by atoms with Gasteiger partial charge in [-0.2, -0.15) is 0 Å². The summed E-state index contributed by atoms with van der Waals surface area (Å²) < 4.78 is 16.1. The number of nitrogens with zero attached hydrogens (tertiary/aromatic N) is 2. The van der Waals surface area contributed by atoms with E-state index in [1.54, 1.807) is 26.4 Å². The quantitative estimate of drug-likeness (QED) is 0.603. The van der Waals surface area contributed by atoms with Crippen molar-refractivity contribution >= 4 is 16.6 Å². The Morgan fingerprint density at radius 1 is 1.13 bits per heavy atom. The molecule has 8 nitrogen and oxygen atoms in total. The van der Waals surface area contributed by atoms with E-state index in [1.165, 1.54) is 7.11 Å². The Morgan fingerprint density at radius 3 is 2.61 bits per heavy atom. The second kappa shape index (κ2) is 8.85. The third kappa shape index (κ3) is 4.29. The first-order valence-corrected chi connectivity index (χ1v) is 10.3. The highest BCUT2D eigenvalue weighted by Gasteiger charge is 2.20. The van der Waals surface area contributed by atoms with Crippen molar-refractivity contribution in [2.24, 2.45) is 5.92 Å². The van der Waals surface area contributed by atoms with Gasteiger partial charge in [-0.25, -0.2) is 4.98 Å². The molecule has 1 fully saturated rings. The van der Waals surface area contributed by atoms with Crippen molar-refractivity contribution in [2.75, 3.05) is 53.3 Å². The number of fused-ring (bicyclic) bond motifs is 1. The molecule has 0 radical (unpaired) electrons. The lowest BCUT2D eigenvalue weighted by Crippen LogP contribution is -2.19. The van der Waals surface area contributed by atoms with E-state index in [0.717, 1.165) is 43.1 Å². The number of nitrogens with one attached hydrogen (secondary N) is 2. The van der Waals surface area contributed by atoms with E-state index < -0.39 is 0 Å². The normalized spacial score (nSPS) is 16.5. The zero-order valence-corrected chi connectivity index (χ0v) is 18.3. The smallest absolute Gasteiger partial charge is 0.262 e. The van der Waals surface area contributed by atoms with Crippen LogP contribution in [0, 0.1) is 5.92 Å². The molecule has 1 unspecified atom stereocenters. The SMILES string of the molecule is COc1ccc(-c2nc3cc(OC)cc(OC)c3c(=O)[nH]2)c(NCC2CCN(C)C2)c1. The van der Waals surface area contributed by atoms with Gasteiger partial charge in [-0.3, -0.25) is 4.79 Å². The maximum atomic E-state index is 12.9. The lowest BCUT2D eigenvalue weighted by molar-refractivity contribution is 0.397. The van der Waals surface area contributed by atoms with Gasteiger partial charge in [0.2, 0.25) is 0 Å². The highest BCUT2D eigenvalue weighted by atomic mass is 16.5. The molecule has 3 aromatic rings. The summed E-state index contributed by atoms with van der Waals surface area (Å²) in [6, 6.07) is 9.12. The van der Waals surface area contributed by atoms with E-state index in [2.05, 4.69) is 22.2 Å². The van der Waals surface area contributed by atoms with Crippen LogP contribution in [0.25, 0.3) is 22.3 Å². The molecule has 2 N–H and O–H groups in total. The van der Waals surface area contributed by atoms with Gasteiger partial charge < -0.3 is 29.4 Å². The lowest BCUT2D eigenvalue weighted by Gasteiger charge is -2.17. The van der Waals surface area contributed by atoms with Crippen LogP contribution in [0.2, 0.25) is 0 Å². The van der Waals surface area contributed by atoms with Crippen LogP contribution in [-0.4, -0.2) is 62.9 Å². The summed E-state index contributed by atoms with van der Waals surface area (Å²) >= 11 is 0. The van der Waals surface area contributed by atoms with Gasteiger partial charge in [0.15, 0.2) is 0 Å². The predicted octanol–water partition coefficient (Wildman–Crippen LogP) is 2.98. The van der Waals surface area contributed by atoms with E-state index in [0.29, 0.717) is 34.1 Å². The Balaban J connectivity index is 1.76. The second-order valence-corrected chi connectivity index (χ2v) is 7.85. The molecule has 0 bridgehead atoms. The molecule has 0 amide bonds. The average Bonchev–Trinajstić information content (AvgIpc) is 3.21. The molecule has 2 aromatic carbocycles. The Hall–Kier alpha value is -3.26. The van der Waals surface area contributed by atoms with Crippen molar-refractivity contribution in [1.82, 2.24) is 14.9 Å². The summed E-state index contributed by atoms with van der Waals surface area (Å²) in [4.78, 5) is 22.9. The summed E-state index contributed by atoms with van der Waals surface area (Å²) in [7, 11) is 6.87. The van der Waals surface area contributed by atoms with Crippen molar-refractivity contribution in [1.29, 1.82) is 0 Å². The summed E-state index contributed by atoms with van der Waals surface area (Å²) in [6.45, 7) is 3.02. The number of rotatable bonds is 7. The largest absolute Gasteiger partial charge is 0.497 e. The lowest BCUT2D eigenvalue weighted by atomic mass is 10.1. The van der Waals surface area contributed by atoms with Crippen molar-refractivity contribution < 1.29 is 14.2 Å². The van der Waals surface area contributed by atoms with Gasteiger partial charge in [0, 0.05) is 42.5 Å². The zero-order valence-electron chi connectivity index (χ0n) is 18.3. The molecule has 0 aliphatic carbocycles. The average molecular weight is 425 g/mol. The Morgan fingerprint density at radius 2 is 1.94 bits per heavy atom. The Kier molecular flexibility index (Phi) is 5.99.